The highest BCUT2D eigenvalue weighted by Crippen LogP contribution is 2.22. The number of piperazine rings is 1. The van der Waals surface area contributed by atoms with E-state index in [0.29, 0.717) is 30.8 Å². The molecule has 1 aliphatic rings. The lowest BCUT2D eigenvalue weighted by Crippen LogP contribution is -2.59. The molecule has 1 aromatic carbocycles. The minimum Gasteiger partial charge on any atom is -0.444 e. The predicted molar refractivity (Wildman–Crippen MR) is 126 cm³/mol. The number of ether oxygens (including phenoxy) is 2. The second kappa shape index (κ2) is 10.6. The van der Waals surface area contributed by atoms with Gasteiger partial charge in [-0.3, -0.25) is 14.9 Å². The molecule has 10 heteroatoms. The largest absolute Gasteiger partial charge is 0.444 e. The van der Waals surface area contributed by atoms with Crippen LogP contribution in [-0.4, -0.2) is 82.7 Å². The molecule has 1 aliphatic heterocycles. The number of carbonyl (C=O) groups is 3. The van der Waals surface area contributed by atoms with E-state index in [1.54, 1.807) is 68.2 Å². The van der Waals surface area contributed by atoms with Crippen molar-refractivity contribution in [2.75, 3.05) is 38.7 Å². The molecule has 182 valence electrons. The monoisotopic (exact) mass is 469 g/mol. The molecular weight excluding hydrogens is 438 g/mol. The predicted octanol–water partition coefficient (Wildman–Crippen LogP) is 2.81. The first kappa shape index (κ1) is 25.1. The zero-order valence-corrected chi connectivity index (χ0v) is 20.2. The van der Waals surface area contributed by atoms with Crippen molar-refractivity contribution in [3.63, 3.8) is 0 Å². The van der Waals surface area contributed by atoms with Gasteiger partial charge in [-0.15, -0.1) is 0 Å². The summed E-state index contributed by atoms with van der Waals surface area (Å²) in [5.74, 6) is -0.261. The van der Waals surface area contributed by atoms with Crippen LogP contribution in [0.3, 0.4) is 0 Å². The molecular formula is C24H31N5O5. The lowest BCUT2D eigenvalue weighted by molar-refractivity contribution is -0.141. The van der Waals surface area contributed by atoms with E-state index < -0.39 is 17.7 Å². The van der Waals surface area contributed by atoms with Gasteiger partial charge in [0, 0.05) is 50.3 Å². The summed E-state index contributed by atoms with van der Waals surface area (Å²) in [5, 5.41) is 2.49. The van der Waals surface area contributed by atoms with Gasteiger partial charge in [0.2, 0.25) is 11.9 Å². The molecule has 0 bridgehead atoms. The highest BCUT2D eigenvalue weighted by molar-refractivity contribution is 5.99. The van der Waals surface area contributed by atoms with Crippen molar-refractivity contribution in [3.8, 4) is 11.1 Å². The quantitative estimate of drug-likeness (QED) is 0.692. The van der Waals surface area contributed by atoms with Gasteiger partial charge in [-0.05, 0) is 45.4 Å². The van der Waals surface area contributed by atoms with Gasteiger partial charge in [0.15, 0.2) is 0 Å². The Kier molecular flexibility index (Phi) is 7.83. The van der Waals surface area contributed by atoms with Gasteiger partial charge in [0.05, 0.1) is 6.61 Å². The topological polar surface area (TPSA) is 114 Å². The number of amides is 3. The first-order chi connectivity index (χ1) is 16.1. The Hall–Kier alpha value is -3.53. The molecule has 0 spiro atoms. The number of carbonyl (C=O) groups excluding carboxylic acids is 3. The van der Waals surface area contributed by atoms with Crippen molar-refractivity contribution >= 4 is 23.9 Å². The van der Waals surface area contributed by atoms with Crippen molar-refractivity contribution in [3.05, 3.63) is 42.2 Å². The van der Waals surface area contributed by atoms with Gasteiger partial charge in [-0.1, -0.05) is 12.1 Å². The second-order valence-corrected chi connectivity index (χ2v) is 8.94. The van der Waals surface area contributed by atoms with E-state index in [2.05, 4.69) is 15.3 Å². The van der Waals surface area contributed by atoms with Gasteiger partial charge in [-0.25, -0.2) is 14.8 Å². The van der Waals surface area contributed by atoms with E-state index in [1.165, 1.54) is 0 Å². The summed E-state index contributed by atoms with van der Waals surface area (Å²) in [6, 6.07) is 6.40. The Morgan fingerprint density at radius 2 is 1.85 bits per heavy atom. The summed E-state index contributed by atoms with van der Waals surface area (Å²) in [6.07, 6.45) is 2.47. The number of benzene rings is 1. The molecule has 1 atom stereocenters. The molecule has 10 nitrogen and oxygen atoms in total. The lowest BCUT2D eigenvalue weighted by Gasteiger charge is -2.39. The number of nitrogens with one attached hydrogen (secondary N) is 1. The average molecular weight is 470 g/mol. The average Bonchev–Trinajstić information content (AvgIpc) is 2.79. The van der Waals surface area contributed by atoms with E-state index >= 15 is 0 Å². The fourth-order valence-corrected chi connectivity index (χ4v) is 3.48. The summed E-state index contributed by atoms with van der Waals surface area (Å²) in [7, 11) is 1.73. The maximum absolute atomic E-state index is 13.3. The van der Waals surface area contributed by atoms with Crippen LogP contribution in [0.15, 0.2) is 36.7 Å². The minimum absolute atomic E-state index is 0.111. The first-order valence-corrected chi connectivity index (χ1v) is 11.1. The van der Waals surface area contributed by atoms with Crippen LogP contribution in [0, 0.1) is 0 Å². The maximum atomic E-state index is 13.3. The summed E-state index contributed by atoms with van der Waals surface area (Å²) in [5.41, 5.74) is 1.22. The number of likely N-dealkylation sites (N-methyl/N-ethyl adjacent to an activating group) is 1. The lowest BCUT2D eigenvalue weighted by atomic mass is 10.0. The van der Waals surface area contributed by atoms with E-state index in [9.17, 15) is 14.4 Å². The van der Waals surface area contributed by atoms with Crippen LogP contribution < -0.4 is 5.32 Å². The number of anilines is 1. The summed E-state index contributed by atoms with van der Waals surface area (Å²) < 4.78 is 10.7. The number of nitrogens with zero attached hydrogens (tertiary/aromatic N) is 4. The number of rotatable bonds is 6. The number of hydrogen-bond donors (Lipinski definition) is 1. The molecule has 1 aromatic heterocycles. The van der Waals surface area contributed by atoms with Crippen molar-refractivity contribution in [1.82, 2.24) is 19.8 Å². The molecule has 0 aliphatic carbocycles. The Morgan fingerprint density at radius 3 is 2.50 bits per heavy atom. The van der Waals surface area contributed by atoms with Crippen LogP contribution in [0.5, 0.6) is 0 Å². The third-order valence-electron chi connectivity index (χ3n) is 5.16. The number of hydrogen-bond acceptors (Lipinski definition) is 7. The third kappa shape index (κ3) is 6.28. The van der Waals surface area contributed by atoms with Crippen LogP contribution in [-0.2, 0) is 14.3 Å². The Labute approximate surface area is 199 Å². The van der Waals surface area contributed by atoms with Crippen LogP contribution in [0.1, 0.15) is 38.1 Å². The fourth-order valence-electron chi connectivity index (χ4n) is 3.48. The highest BCUT2D eigenvalue weighted by atomic mass is 16.6. The van der Waals surface area contributed by atoms with Crippen LogP contribution >= 0.6 is 0 Å². The molecule has 2 heterocycles. The van der Waals surface area contributed by atoms with Gasteiger partial charge in [0.25, 0.3) is 5.91 Å². The maximum Gasteiger partial charge on any atom is 0.414 e. The van der Waals surface area contributed by atoms with Crippen molar-refractivity contribution in [2.45, 2.75) is 39.3 Å². The molecule has 3 amide bonds. The fraction of sp³-hybridized carbons (Fsp3) is 0.458. The Balaban J connectivity index is 1.75. The Morgan fingerprint density at radius 1 is 1.15 bits per heavy atom. The van der Waals surface area contributed by atoms with E-state index in [1.807, 2.05) is 13.0 Å². The summed E-state index contributed by atoms with van der Waals surface area (Å²) >= 11 is 0. The van der Waals surface area contributed by atoms with Crippen molar-refractivity contribution < 1.29 is 23.9 Å². The Bertz CT molecular complexity index is 1030. The van der Waals surface area contributed by atoms with Crippen LogP contribution in [0.4, 0.5) is 10.7 Å². The van der Waals surface area contributed by atoms with Gasteiger partial charge >= 0.3 is 6.09 Å². The van der Waals surface area contributed by atoms with E-state index in [-0.39, 0.29) is 24.4 Å². The number of aromatic nitrogens is 2. The van der Waals surface area contributed by atoms with Gasteiger partial charge < -0.3 is 19.3 Å². The standard InChI is InChI=1S/C24H31N5O5/c1-6-33-15-19-21(31)28(5)10-11-29(19)20(30)17-9-7-8-16(12-17)18-13-25-22(26-14-18)27-23(32)34-24(2,3)4/h7-9,12-14,19H,6,10-11,15H2,1-5H3,(H,25,26,27,32). The molecule has 2 aromatic rings. The zero-order chi connectivity index (χ0) is 24.9. The molecule has 1 unspecified atom stereocenters. The van der Waals surface area contributed by atoms with Crippen LogP contribution in [0.25, 0.3) is 11.1 Å². The normalized spacial score (nSPS) is 16.4. The molecule has 1 fully saturated rings. The van der Waals surface area contributed by atoms with Crippen LogP contribution in [0.2, 0.25) is 0 Å². The first-order valence-electron chi connectivity index (χ1n) is 11.1. The molecule has 34 heavy (non-hydrogen) atoms. The zero-order valence-electron chi connectivity index (χ0n) is 20.2. The molecule has 3 rings (SSSR count). The molecule has 1 saturated heterocycles. The highest BCUT2D eigenvalue weighted by Gasteiger charge is 2.36. The van der Waals surface area contributed by atoms with E-state index in [4.69, 9.17) is 9.47 Å². The molecule has 0 saturated carbocycles. The van der Waals surface area contributed by atoms with Crippen molar-refractivity contribution in [1.29, 1.82) is 0 Å². The molecule has 1 N–H and O–H groups in total. The van der Waals surface area contributed by atoms with Gasteiger partial charge in [-0.2, -0.15) is 0 Å². The second-order valence-electron chi connectivity index (χ2n) is 8.94. The van der Waals surface area contributed by atoms with Crippen molar-refractivity contribution in [2.24, 2.45) is 0 Å². The molecule has 0 radical (unpaired) electrons. The third-order valence-corrected chi connectivity index (χ3v) is 5.16. The summed E-state index contributed by atoms with van der Waals surface area (Å²) in [4.78, 5) is 49.4. The summed E-state index contributed by atoms with van der Waals surface area (Å²) in [6.45, 7) is 8.66. The van der Waals surface area contributed by atoms with Gasteiger partial charge in [0.1, 0.15) is 11.6 Å². The SMILES string of the molecule is CCOCC1C(=O)N(C)CCN1C(=O)c1cccc(-c2cnc(NC(=O)OC(C)(C)C)nc2)c1. The smallest absolute Gasteiger partial charge is 0.414 e. The van der Waals surface area contributed by atoms with E-state index in [0.717, 1.165) is 5.56 Å². The minimum atomic E-state index is -0.656.